The molecule has 0 spiro atoms. The molecule has 1 amide bonds. The lowest BCUT2D eigenvalue weighted by molar-refractivity contribution is -0.111. The van der Waals surface area contributed by atoms with Gasteiger partial charge in [-0.3, -0.25) is 0 Å². The Labute approximate surface area is 166 Å². The van der Waals surface area contributed by atoms with Crippen LogP contribution in [-0.4, -0.2) is 23.8 Å². The van der Waals surface area contributed by atoms with Gasteiger partial charge in [-0.2, -0.15) is 0 Å². The van der Waals surface area contributed by atoms with E-state index in [1.807, 2.05) is 31.2 Å². The van der Waals surface area contributed by atoms with Crippen LogP contribution >= 0.6 is 15.9 Å². The van der Waals surface area contributed by atoms with E-state index in [1.165, 1.54) is 12.1 Å². The van der Waals surface area contributed by atoms with E-state index in [1.54, 1.807) is 17.0 Å². The molecule has 6 heteroatoms. The molecule has 1 heterocycles. The molecular formula is C21H21BrFNO3. The summed E-state index contributed by atoms with van der Waals surface area (Å²) in [6, 6.07) is 13.6. The summed E-state index contributed by atoms with van der Waals surface area (Å²) in [6.07, 6.45) is 1.59. The Balaban J connectivity index is 1.82. The van der Waals surface area contributed by atoms with E-state index in [0.717, 1.165) is 21.9 Å². The second kappa shape index (κ2) is 8.21. The number of carbonyl (C=O) groups is 2. The number of benzene rings is 2. The number of carbonyl (C=O) groups excluding carboxylic acids is 2. The van der Waals surface area contributed by atoms with Crippen molar-refractivity contribution in [1.29, 1.82) is 0 Å². The molecular weight excluding hydrogens is 413 g/mol. The van der Waals surface area contributed by atoms with Crippen molar-refractivity contribution in [2.45, 2.75) is 37.8 Å². The molecule has 4 nitrogen and oxygen atoms in total. The average molecular weight is 434 g/mol. The summed E-state index contributed by atoms with van der Waals surface area (Å²) < 4.78 is 20.2. The molecule has 27 heavy (non-hydrogen) atoms. The number of rotatable bonds is 6. The van der Waals surface area contributed by atoms with Gasteiger partial charge in [0.1, 0.15) is 17.7 Å². The molecule has 1 fully saturated rings. The fourth-order valence-corrected chi connectivity index (χ4v) is 3.78. The van der Waals surface area contributed by atoms with Crippen LogP contribution in [0.2, 0.25) is 0 Å². The zero-order chi connectivity index (χ0) is 19.4. The molecule has 1 unspecified atom stereocenters. The monoisotopic (exact) mass is 433 g/mol. The minimum absolute atomic E-state index is 0.136. The van der Waals surface area contributed by atoms with Gasteiger partial charge in [0.05, 0.1) is 6.04 Å². The first-order valence-corrected chi connectivity index (χ1v) is 9.69. The molecule has 0 aromatic heterocycles. The number of cyclic esters (lactones) is 1. The molecule has 142 valence electrons. The number of ether oxygens (including phenoxy) is 1. The normalized spacial score (nSPS) is 20.9. The fourth-order valence-electron chi connectivity index (χ4n) is 3.51. The van der Waals surface area contributed by atoms with Crippen molar-refractivity contribution in [3.8, 4) is 0 Å². The molecule has 0 N–H and O–H groups in total. The minimum atomic E-state index is -0.901. The first kappa shape index (κ1) is 19.5. The van der Waals surface area contributed by atoms with E-state index in [0.29, 0.717) is 19.4 Å². The summed E-state index contributed by atoms with van der Waals surface area (Å²) in [5.41, 5.74) is 0.828. The third-order valence-electron chi connectivity index (χ3n) is 5.13. The fraction of sp³-hybridized carbons (Fsp3) is 0.333. The Morgan fingerprint density at radius 2 is 1.89 bits per heavy atom. The first-order chi connectivity index (χ1) is 12.9. The quantitative estimate of drug-likeness (QED) is 0.575. The van der Waals surface area contributed by atoms with Crippen LogP contribution in [-0.2, 0) is 15.1 Å². The Bertz CT molecular complexity index is 809. The van der Waals surface area contributed by atoms with E-state index in [9.17, 15) is 14.0 Å². The van der Waals surface area contributed by atoms with Crippen LogP contribution in [0.25, 0.3) is 0 Å². The molecule has 3 rings (SSSR count). The molecule has 2 aromatic carbocycles. The van der Waals surface area contributed by atoms with Crippen molar-refractivity contribution in [3.05, 3.63) is 69.9 Å². The Hall–Kier alpha value is -2.21. The van der Waals surface area contributed by atoms with Gasteiger partial charge in [0.25, 0.3) is 0 Å². The molecule has 1 aliphatic rings. The molecule has 1 saturated heterocycles. The summed E-state index contributed by atoms with van der Waals surface area (Å²) >= 11 is 3.41. The van der Waals surface area contributed by atoms with Crippen molar-refractivity contribution in [1.82, 2.24) is 4.90 Å². The second-order valence-electron chi connectivity index (χ2n) is 6.75. The van der Waals surface area contributed by atoms with Gasteiger partial charge in [-0.1, -0.05) is 40.2 Å². The number of amides is 1. The van der Waals surface area contributed by atoms with Crippen molar-refractivity contribution in [3.63, 3.8) is 0 Å². The number of nitrogens with zero attached hydrogens (tertiary/aromatic N) is 1. The number of halogens is 2. The minimum Gasteiger partial charge on any atom is -0.438 e. The van der Waals surface area contributed by atoms with Crippen molar-refractivity contribution < 1.29 is 18.7 Å². The van der Waals surface area contributed by atoms with Gasteiger partial charge < -0.3 is 14.4 Å². The Morgan fingerprint density at radius 1 is 1.22 bits per heavy atom. The first-order valence-electron chi connectivity index (χ1n) is 8.90. The van der Waals surface area contributed by atoms with Crippen molar-refractivity contribution >= 4 is 28.3 Å². The smallest absolute Gasteiger partial charge is 0.411 e. The van der Waals surface area contributed by atoms with Crippen LogP contribution in [0.15, 0.2) is 53.0 Å². The van der Waals surface area contributed by atoms with E-state index < -0.39 is 11.7 Å². The standard InChI is InChI=1S/C21H21BrFNO3/c1-15(16-3-7-18(22)8-4-16)24-13-12-21(11-2-14-25,27-20(24)26)17-5-9-19(23)10-6-17/h3-10,14-15H,2,11-13H2,1H3/t15-,21?/m0/s1. The maximum Gasteiger partial charge on any atom is 0.411 e. The van der Waals surface area contributed by atoms with Crippen molar-refractivity contribution in [2.24, 2.45) is 0 Å². The summed E-state index contributed by atoms with van der Waals surface area (Å²) in [6.45, 7) is 2.45. The SMILES string of the molecule is C[C@@H](c1ccc(Br)cc1)N1CCC(CCC=O)(c2ccc(F)cc2)OC1=O. The van der Waals surface area contributed by atoms with Crippen molar-refractivity contribution in [2.75, 3.05) is 6.54 Å². The zero-order valence-corrected chi connectivity index (χ0v) is 16.6. The maximum absolute atomic E-state index is 13.3. The number of aldehydes is 1. The highest BCUT2D eigenvalue weighted by atomic mass is 79.9. The van der Waals surface area contributed by atoms with Crippen LogP contribution in [0.4, 0.5) is 9.18 Å². The Kier molecular flexibility index (Phi) is 5.95. The lowest BCUT2D eigenvalue weighted by Gasteiger charge is -2.43. The van der Waals surface area contributed by atoms with Gasteiger partial charge in [-0.25, -0.2) is 9.18 Å². The van der Waals surface area contributed by atoms with Gasteiger partial charge in [-0.05, 0) is 48.7 Å². The highest BCUT2D eigenvalue weighted by Gasteiger charge is 2.43. The van der Waals surface area contributed by atoms with Crippen LogP contribution in [0.1, 0.15) is 43.4 Å². The summed E-state index contributed by atoms with van der Waals surface area (Å²) in [7, 11) is 0. The molecule has 0 bridgehead atoms. The van der Waals surface area contributed by atoms with Crippen LogP contribution in [0.5, 0.6) is 0 Å². The topological polar surface area (TPSA) is 46.6 Å². The van der Waals surface area contributed by atoms with Gasteiger partial charge in [0.2, 0.25) is 0 Å². The predicted octanol–water partition coefficient (Wildman–Crippen LogP) is 5.37. The summed E-state index contributed by atoms with van der Waals surface area (Å²) in [4.78, 5) is 25.4. The Morgan fingerprint density at radius 3 is 2.48 bits per heavy atom. The number of hydrogen-bond acceptors (Lipinski definition) is 3. The van der Waals surface area contributed by atoms with E-state index in [4.69, 9.17) is 4.74 Å². The molecule has 0 saturated carbocycles. The molecule has 0 aliphatic carbocycles. The molecule has 2 atom stereocenters. The summed E-state index contributed by atoms with van der Waals surface area (Å²) in [5.74, 6) is -0.350. The van der Waals surface area contributed by atoms with E-state index in [-0.39, 0.29) is 18.3 Å². The van der Waals surface area contributed by atoms with Gasteiger partial charge in [-0.15, -0.1) is 0 Å². The van der Waals surface area contributed by atoms with Gasteiger partial charge in [0, 0.05) is 23.9 Å². The predicted molar refractivity (Wildman–Crippen MR) is 104 cm³/mol. The third kappa shape index (κ3) is 4.21. The lowest BCUT2D eigenvalue weighted by atomic mass is 9.84. The van der Waals surface area contributed by atoms with Crippen LogP contribution in [0, 0.1) is 5.82 Å². The highest BCUT2D eigenvalue weighted by molar-refractivity contribution is 9.10. The lowest BCUT2D eigenvalue weighted by Crippen LogP contribution is -2.48. The van der Waals surface area contributed by atoms with Gasteiger partial charge in [0.15, 0.2) is 0 Å². The molecule has 1 aliphatic heterocycles. The molecule has 0 radical (unpaired) electrons. The van der Waals surface area contributed by atoms with E-state index >= 15 is 0 Å². The third-order valence-corrected chi connectivity index (χ3v) is 5.66. The maximum atomic E-state index is 13.3. The zero-order valence-electron chi connectivity index (χ0n) is 15.0. The van der Waals surface area contributed by atoms with E-state index in [2.05, 4.69) is 15.9 Å². The van der Waals surface area contributed by atoms with Crippen LogP contribution in [0.3, 0.4) is 0 Å². The summed E-state index contributed by atoms with van der Waals surface area (Å²) in [5, 5.41) is 0. The van der Waals surface area contributed by atoms with Crippen LogP contribution < -0.4 is 0 Å². The van der Waals surface area contributed by atoms with Gasteiger partial charge >= 0.3 is 6.09 Å². The highest BCUT2D eigenvalue weighted by Crippen LogP contribution is 2.40. The second-order valence-corrected chi connectivity index (χ2v) is 7.66. The average Bonchev–Trinajstić information content (AvgIpc) is 2.67. The largest absolute Gasteiger partial charge is 0.438 e. The molecule has 2 aromatic rings. The number of hydrogen-bond donors (Lipinski definition) is 0.